The van der Waals surface area contributed by atoms with Crippen LogP contribution in [0.25, 0.3) is 0 Å². The predicted molar refractivity (Wildman–Crippen MR) is 129 cm³/mol. The summed E-state index contributed by atoms with van der Waals surface area (Å²) in [6.45, 7) is 11.8. The van der Waals surface area contributed by atoms with Crippen LogP contribution in [-0.2, 0) is 30.1 Å². The van der Waals surface area contributed by atoms with Gasteiger partial charge in [-0.05, 0) is 40.5 Å². The Morgan fingerprint density at radius 3 is 2.33 bits per heavy atom. The highest BCUT2D eigenvalue weighted by Crippen LogP contribution is 2.51. The first-order chi connectivity index (χ1) is 15.4. The normalized spacial score (nSPS) is 40.2. The maximum absolute atomic E-state index is 12.0. The van der Waals surface area contributed by atoms with Crippen LogP contribution in [0.4, 0.5) is 0 Å². The fraction of sp³-hybridized carbons (Fsp3) is 0.818. The first kappa shape index (κ1) is 25.3. The molecule has 4 aliphatic rings. The summed E-state index contributed by atoms with van der Waals surface area (Å²) in [7, 11) is 0. The average Bonchev–Trinajstić information content (AvgIpc) is 3.37. The van der Waals surface area contributed by atoms with Gasteiger partial charge in [-0.1, -0.05) is 13.8 Å². The van der Waals surface area contributed by atoms with E-state index in [-0.39, 0.29) is 45.8 Å². The smallest absolute Gasteiger partial charge is 0.329 e. The van der Waals surface area contributed by atoms with Gasteiger partial charge in [0.05, 0.1) is 0 Å². The third kappa shape index (κ3) is 5.10. The molecule has 8 atom stereocenters. The molecule has 0 bridgehead atoms. The minimum Gasteiger partial charge on any atom is -0.343 e. The summed E-state index contributed by atoms with van der Waals surface area (Å²) in [4.78, 5) is 25.4. The molecular weight excluding hydrogens is 468 g/mol. The SMILES string of the molecule is CC[C@@H]1[C@H]2OC(C)(C)O[C@H]2C[S+]1O.CC[C@H]1S[C@@H](n2ccc(=O)[nH]c2=O)[C@@H]2OC(C)(C)O[C@@H]21. The van der Waals surface area contributed by atoms with Crippen molar-refractivity contribution in [3.8, 4) is 0 Å². The number of nitrogens with one attached hydrogen (secondary N) is 1. The van der Waals surface area contributed by atoms with E-state index in [4.69, 9.17) is 18.9 Å². The fourth-order valence-electron chi connectivity index (χ4n) is 5.02. The topological polar surface area (TPSA) is 112 Å². The van der Waals surface area contributed by atoms with E-state index in [0.717, 1.165) is 18.6 Å². The van der Waals surface area contributed by atoms with Crippen molar-refractivity contribution in [2.45, 2.75) is 106 Å². The summed E-state index contributed by atoms with van der Waals surface area (Å²) in [5.74, 6) is -0.326. The van der Waals surface area contributed by atoms with Gasteiger partial charge in [0.25, 0.3) is 5.56 Å². The summed E-state index contributed by atoms with van der Waals surface area (Å²) in [6.07, 6.45) is 3.48. The Morgan fingerprint density at radius 1 is 1.06 bits per heavy atom. The largest absolute Gasteiger partial charge is 0.343 e. The molecule has 5 heterocycles. The van der Waals surface area contributed by atoms with Crippen LogP contribution in [0.15, 0.2) is 21.9 Å². The molecule has 9 nitrogen and oxygen atoms in total. The number of rotatable bonds is 3. The van der Waals surface area contributed by atoms with Crippen molar-refractivity contribution in [1.29, 1.82) is 0 Å². The number of ether oxygens (including phenoxy) is 4. The van der Waals surface area contributed by atoms with Gasteiger partial charge >= 0.3 is 5.69 Å². The maximum Gasteiger partial charge on any atom is 0.329 e. The number of hydrogen-bond donors (Lipinski definition) is 2. The minimum absolute atomic E-state index is 0.0242. The zero-order valence-corrected chi connectivity index (χ0v) is 21.6. The van der Waals surface area contributed by atoms with Crippen molar-refractivity contribution >= 4 is 22.9 Å². The Bertz CT molecular complexity index is 965. The number of nitrogens with zero attached hydrogens (tertiary/aromatic N) is 1. The zero-order valence-electron chi connectivity index (χ0n) is 20.0. The Hall–Kier alpha value is -0.820. The highest BCUT2D eigenvalue weighted by Gasteiger charge is 2.59. The number of hydrogen-bond acceptors (Lipinski definition) is 8. The Kier molecular flexibility index (Phi) is 7.14. The van der Waals surface area contributed by atoms with Crippen LogP contribution >= 0.6 is 11.8 Å². The van der Waals surface area contributed by atoms with E-state index in [0.29, 0.717) is 0 Å². The van der Waals surface area contributed by atoms with Gasteiger partial charge < -0.3 is 18.9 Å². The molecule has 0 radical (unpaired) electrons. The van der Waals surface area contributed by atoms with Gasteiger partial charge in [0.15, 0.2) is 33.8 Å². The Balaban J connectivity index is 0.000000172. The zero-order chi connectivity index (χ0) is 24.1. The van der Waals surface area contributed by atoms with Crippen molar-refractivity contribution in [3.63, 3.8) is 0 Å². The quantitative estimate of drug-likeness (QED) is 0.605. The van der Waals surface area contributed by atoms with Crippen LogP contribution in [0.2, 0.25) is 0 Å². The van der Waals surface area contributed by atoms with E-state index in [1.807, 2.05) is 27.7 Å². The van der Waals surface area contributed by atoms with E-state index in [1.165, 1.54) is 16.8 Å². The summed E-state index contributed by atoms with van der Waals surface area (Å²) < 4.78 is 34.7. The van der Waals surface area contributed by atoms with Gasteiger partial charge in [-0.2, -0.15) is 4.55 Å². The summed E-state index contributed by atoms with van der Waals surface area (Å²) in [5.41, 5.74) is -0.791. The minimum atomic E-state index is -0.631. The summed E-state index contributed by atoms with van der Waals surface area (Å²) >= 11 is 1.16. The second-order valence-corrected chi connectivity index (χ2v) is 12.8. The molecule has 0 aliphatic carbocycles. The van der Waals surface area contributed by atoms with Crippen LogP contribution in [0.5, 0.6) is 0 Å². The van der Waals surface area contributed by atoms with Crippen LogP contribution in [0.3, 0.4) is 0 Å². The van der Waals surface area contributed by atoms with Crippen LogP contribution in [-0.4, -0.2) is 66.3 Å². The van der Waals surface area contributed by atoms with E-state index in [1.54, 1.807) is 11.8 Å². The van der Waals surface area contributed by atoms with Crippen molar-refractivity contribution in [3.05, 3.63) is 33.1 Å². The molecule has 1 unspecified atom stereocenters. The molecule has 1 aromatic rings. The fourth-order valence-corrected chi connectivity index (χ4v) is 8.36. The van der Waals surface area contributed by atoms with Gasteiger partial charge in [-0.25, -0.2) is 4.79 Å². The number of aromatic amines is 1. The molecule has 4 fully saturated rings. The lowest BCUT2D eigenvalue weighted by atomic mass is 10.1. The molecule has 11 heteroatoms. The standard InChI is InChI=1S/C13H18N2O4S.C9H17O3S/c1-4-7-9-10(19-13(2,3)18-9)11(20-7)15-6-5-8(16)14-12(15)17;1-4-7-8-6(5-13(7)10)11-9(2,3)12-8/h5-7,9-11H,4H2,1-3H3,(H,14,16,17);6-8,10H,4-5H2,1-3H3/q;+1/t7-,9-,10-,11-;6-,7+,8-,13?/m10/s1. The molecular formula is C22H35N2O7S2+. The molecule has 0 aromatic carbocycles. The van der Waals surface area contributed by atoms with E-state index in [9.17, 15) is 14.1 Å². The first-order valence-corrected chi connectivity index (χ1v) is 13.9. The number of thioether (sulfide) groups is 1. The van der Waals surface area contributed by atoms with Gasteiger partial charge in [-0.15, -0.1) is 11.8 Å². The monoisotopic (exact) mass is 503 g/mol. The average molecular weight is 504 g/mol. The van der Waals surface area contributed by atoms with E-state index < -0.39 is 28.4 Å². The van der Waals surface area contributed by atoms with E-state index >= 15 is 0 Å². The molecule has 0 spiro atoms. The second kappa shape index (κ2) is 9.33. The van der Waals surface area contributed by atoms with Gasteiger partial charge in [-0.3, -0.25) is 14.3 Å². The first-order valence-electron chi connectivity index (χ1n) is 11.5. The van der Waals surface area contributed by atoms with Crippen LogP contribution in [0.1, 0.15) is 59.8 Å². The molecule has 2 N–H and O–H groups in total. The molecule has 4 saturated heterocycles. The lowest BCUT2D eigenvalue weighted by Crippen LogP contribution is -2.36. The number of fused-ring (bicyclic) bond motifs is 2. The molecule has 5 rings (SSSR count). The molecule has 33 heavy (non-hydrogen) atoms. The lowest BCUT2D eigenvalue weighted by Gasteiger charge is -2.23. The summed E-state index contributed by atoms with van der Waals surface area (Å²) in [6, 6.07) is 1.36. The van der Waals surface area contributed by atoms with Crippen molar-refractivity contribution < 1.29 is 23.5 Å². The van der Waals surface area contributed by atoms with Crippen molar-refractivity contribution in [1.82, 2.24) is 9.55 Å². The second-order valence-electron chi connectivity index (χ2n) is 9.71. The third-order valence-electron chi connectivity index (χ3n) is 6.33. The number of H-pyrrole nitrogens is 1. The van der Waals surface area contributed by atoms with Gasteiger partial charge in [0.1, 0.15) is 29.8 Å². The maximum atomic E-state index is 12.0. The highest BCUT2D eigenvalue weighted by molar-refractivity contribution is 8.00. The molecule has 4 aliphatic heterocycles. The van der Waals surface area contributed by atoms with Gasteiger partial charge in [0, 0.05) is 17.5 Å². The molecule has 0 saturated carbocycles. The molecule has 0 amide bonds. The van der Waals surface area contributed by atoms with Crippen molar-refractivity contribution in [2.75, 3.05) is 5.75 Å². The number of aromatic nitrogens is 2. The molecule has 1 aromatic heterocycles. The van der Waals surface area contributed by atoms with Gasteiger partial charge in [0.2, 0.25) is 0 Å². The Labute approximate surface area is 201 Å². The summed E-state index contributed by atoms with van der Waals surface area (Å²) in [5, 5.41) is 0.397. The van der Waals surface area contributed by atoms with E-state index in [2.05, 4.69) is 18.8 Å². The highest BCUT2D eigenvalue weighted by atomic mass is 32.2. The molecule has 186 valence electrons. The Morgan fingerprint density at radius 2 is 1.70 bits per heavy atom. The van der Waals surface area contributed by atoms with Crippen molar-refractivity contribution in [2.24, 2.45) is 0 Å². The van der Waals surface area contributed by atoms with Crippen LogP contribution in [0, 0.1) is 0 Å². The van der Waals surface area contributed by atoms with Crippen LogP contribution < -0.4 is 11.2 Å². The third-order valence-corrected chi connectivity index (χ3v) is 10.0. The predicted octanol–water partition coefficient (Wildman–Crippen LogP) is 2.47. The lowest BCUT2D eigenvalue weighted by molar-refractivity contribution is -0.149.